The normalized spacial score (nSPS) is 26.4. The highest BCUT2D eigenvalue weighted by Crippen LogP contribution is 2.26. The van der Waals surface area contributed by atoms with E-state index >= 15 is 28.8 Å². The number of aliphatic hydroxyl groups is 2. The summed E-state index contributed by atoms with van der Waals surface area (Å²) >= 11 is 0. The number of hydrogen-bond donors (Lipinski definition) is 6. The Balaban J connectivity index is 4.56. The molecule has 6 N–H and O–H groups in total. The van der Waals surface area contributed by atoms with Gasteiger partial charge in [0.1, 0.15) is 66.5 Å². The molecule has 1 rings (SSSR count). The van der Waals surface area contributed by atoms with Crippen molar-refractivity contribution in [3.8, 4) is 0 Å². The van der Waals surface area contributed by atoms with Gasteiger partial charge in [-0.3, -0.25) is 52.7 Å². The van der Waals surface area contributed by atoms with Crippen LogP contribution in [0, 0.1) is 35.5 Å². The third-order valence-electron chi connectivity index (χ3n) is 17.5. The Morgan fingerprint density at radius 2 is 0.936 bits per heavy atom. The highest BCUT2D eigenvalue weighted by Gasteiger charge is 2.47. The number of carbonyl (C=O) groups is 11. The number of allylic oxidation sites excluding steroid dienone is 2. The fourth-order valence-corrected chi connectivity index (χ4v) is 11.6. The highest BCUT2D eigenvalue weighted by atomic mass is 16.5. The van der Waals surface area contributed by atoms with Gasteiger partial charge in [0.25, 0.3) is 0 Å². The van der Waals surface area contributed by atoms with Crippen LogP contribution in [0.1, 0.15) is 169 Å². The highest BCUT2D eigenvalue weighted by molar-refractivity contribution is 6.00. The third kappa shape index (κ3) is 25.1. The van der Waals surface area contributed by atoms with Gasteiger partial charge in [0.05, 0.1) is 18.3 Å². The molecule has 1 heterocycles. The average molecular weight is 1330 g/mol. The zero-order chi connectivity index (χ0) is 72.7. The summed E-state index contributed by atoms with van der Waals surface area (Å²) < 4.78 is 11.3. The Labute approximate surface area is 562 Å². The van der Waals surface area contributed by atoms with E-state index in [-0.39, 0.29) is 62.9 Å². The van der Waals surface area contributed by atoms with Gasteiger partial charge < -0.3 is 75.3 Å². The maximum atomic E-state index is 15.3. The van der Waals surface area contributed by atoms with Gasteiger partial charge in [-0.2, -0.15) is 0 Å². The monoisotopic (exact) mass is 1330 g/mol. The number of hydrogen-bond acceptors (Lipinski definition) is 15. The molecule has 11 amide bonds. The Kier molecular flexibility index (Phi) is 36.2. The zero-order valence-corrected chi connectivity index (χ0v) is 61.7. The molecule has 0 unspecified atom stereocenters. The van der Waals surface area contributed by atoms with Crippen molar-refractivity contribution in [2.75, 3.05) is 76.3 Å². The molecule has 13 atom stereocenters. The summed E-state index contributed by atoms with van der Waals surface area (Å²) in [5.74, 6) is -10.7. The van der Waals surface area contributed by atoms with E-state index in [2.05, 4.69) is 21.3 Å². The van der Waals surface area contributed by atoms with Crippen LogP contribution in [0.15, 0.2) is 12.2 Å². The van der Waals surface area contributed by atoms with Crippen LogP contribution in [-0.2, 0) is 62.2 Å². The predicted molar refractivity (Wildman–Crippen MR) is 361 cm³/mol. The molecular weight excluding hydrogens is 1210 g/mol. The number of unbranched alkanes of at least 4 members (excludes halogenated alkanes) is 1. The van der Waals surface area contributed by atoms with Gasteiger partial charge in [0.15, 0.2) is 0 Å². The first kappa shape index (κ1) is 85.8. The Hall–Kier alpha value is -6.25. The minimum absolute atomic E-state index is 0.0645. The van der Waals surface area contributed by atoms with Gasteiger partial charge in [0, 0.05) is 76.1 Å². The molecule has 0 aliphatic carbocycles. The van der Waals surface area contributed by atoms with Gasteiger partial charge in [-0.15, -0.1) is 0 Å². The number of amides is 11. The third-order valence-corrected chi connectivity index (χ3v) is 17.5. The standard InChI is InChI=1S/C68H123N11O15/c1-26-28-31-44(13)56(80)55-60(84)71-47(27-2)62(86)77(22)52(38-94-33-30-29-32-93-25)65(89)76(21)51(37-68(16,17)92)59(83)72-53(42(9)10)66(90)73(18)48(34-39(3)4)58(82)69-45(14)57(81)70-46(15)61(85)74(19)49(35-40(5)6)63(87)75(20)50(36-41(7)8)64(88)78(23)54(43(11)12)67(91)79(55)24/h26,28,39-56,80,92H,27,29-38H2,1-25H3,(H,69,82)(H,70,81)(H,71,84)(H,72,83)/b28-26+/t44-,45+,46-,47+,48+,49+,50+,51+,52-,53+,54+,55+,56-/m1/s1. The molecule has 1 aliphatic heterocycles. The molecule has 26 heteroatoms. The largest absolute Gasteiger partial charge is 0.390 e. The van der Waals surface area contributed by atoms with E-state index in [1.807, 2.05) is 41.5 Å². The zero-order valence-electron chi connectivity index (χ0n) is 61.7. The Morgan fingerprint density at radius 1 is 0.500 bits per heavy atom. The lowest BCUT2D eigenvalue weighted by molar-refractivity contribution is -0.157. The minimum Gasteiger partial charge on any atom is -0.390 e. The van der Waals surface area contributed by atoms with Crippen LogP contribution in [-0.4, -0.2) is 264 Å². The number of carbonyl (C=O) groups excluding carboxylic acids is 11. The van der Waals surface area contributed by atoms with Crippen molar-refractivity contribution in [1.29, 1.82) is 0 Å². The summed E-state index contributed by atoms with van der Waals surface area (Å²) in [5, 5.41) is 34.6. The number of aliphatic hydroxyl groups excluding tert-OH is 1. The average Bonchev–Trinajstić information content (AvgIpc) is 0.809. The number of rotatable bonds is 22. The quantitative estimate of drug-likeness (QED) is 0.0670. The first-order valence-electron chi connectivity index (χ1n) is 33.6. The molecule has 0 aromatic rings. The van der Waals surface area contributed by atoms with Gasteiger partial charge in [-0.05, 0) is 115 Å². The summed E-state index contributed by atoms with van der Waals surface area (Å²) in [6.07, 6.45) is 3.31. The van der Waals surface area contributed by atoms with E-state index in [0.717, 1.165) is 14.7 Å². The van der Waals surface area contributed by atoms with E-state index in [0.29, 0.717) is 19.4 Å². The molecular formula is C68H123N11O15. The molecule has 540 valence electrons. The van der Waals surface area contributed by atoms with Crippen LogP contribution in [0.2, 0.25) is 0 Å². The van der Waals surface area contributed by atoms with E-state index in [1.165, 1.54) is 96.6 Å². The predicted octanol–water partition coefficient (Wildman–Crippen LogP) is 3.20. The molecule has 0 spiro atoms. The maximum absolute atomic E-state index is 15.3. The summed E-state index contributed by atoms with van der Waals surface area (Å²) in [7, 11) is 11.2. The number of methoxy groups -OCH3 is 1. The molecule has 0 radical (unpaired) electrons. The van der Waals surface area contributed by atoms with Gasteiger partial charge in [0.2, 0.25) is 65.0 Å². The van der Waals surface area contributed by atoms with Crippen molar-refractivity contribution in [2.45, 2.75) is 247 Å². The summed E-state index contributed by atoms with van der Waals surface area (Å²) in [6, 6.07) is -14.8. The molecule has 1 fully saturated rings. The van der Waals surface area contributed by atoms with Crippen LogP contribution in [0.5, 0.6) is 0 Å². The van der Waals surface area contributed by atoms with Crippen LogP contribution >= 0.6 is 0 Å². The SMILES string of the molecule is C/C=C/C[C@@H](C)[C@@H](O)[C@H]1C(=O)N[C@@H](CC)C(=O)N(C)[C@H](COCCCCOC)C(=O)N(C)[C@@H](CC(C)(C)O)C(=O)N[C@@H](C(C)C)C(=O)N(C)[C@@H](CC(C)C)C(=O)N[C@@H](C)C(=O)N[C@H](C)C(=O)N(C)[C@@H](CC(C)C)C(=O)N(C)[C@@H](CC(C)C)C(=O)N(C)[C@@H](C(C)C)C(=O)N1C. The number of likely N-dealkylation sites (N-methyl/N-ethyl adjacent to an activating group) is 7. The Morgan fingerprint density at radius 3 is 1.41 bits per heavy atom. The van der Waals surface area contributed by atoms with Crippen molar-refractivity contribution in [2.24, 2.45) is 35.5 Å². The van der Waals surface area contributed by atoms with Crippen molar-refractivity contribution >= 4 is 65.0 Å². The molecule has 0 saturated carbocycles. The van der Waals surface area contributed by atoms with Crippen molar-refractivity contribution in [3.05, 3.63) is 12.2 Å². The molecule has 0 aromatic heterocycles. The maximum Gasteiger partial charge on any atom is 0.248 e. The molecule has 0 bridgehead atoms. The summed E-state index contributed by atoms with van der Waals surface area (Å²) in [6.45, 7) is 28.9. The van der Waals surface area contributed by atoms with E-state index in [4.69, 9.17) is 9.47 Å². The smallest absolute Gasteiger partial charge is 0.248 e. The van der Waals surface area contributed by atoms with Gasteiger partial charge >= 0.3 is 0 Å². The fourth-order valence-electron chi connectivity index (χ4n) is 11.6. The van der Waals surface area contributed by atoms with E-state index < -0.39 is 168 Å². The second-order valence-electron chi connectivity index (χ2n) is 28.5. The van der Waals surface area contributed by atoms with Crippen molar-refractivity contribution in [3.63, 3.8) is 0 Å². The van der Waals surface area contributed by atoms with Gasteiger partial charge in [-0.25, -0.2) is 0 Å². The number of ether oxygens (including phenoxy) is 2. The van der Waals surface area contributed by atoms with Crippen molar-refractivity contribution in [1.82, 2.24) is 55.6 Å². The lowest BCUT2D eigenvalue weighted by Gasteiger charge is -2.41. The van der Waals surface area contributed by atoms with Crippen LogP contribution in [0.25, 0.3) is 0 Å². The summed E-state index contributed by atoms with van der Waals surface area (Å²) in [5.41, 5.74) is -1.61. The Bertz CT molecular complexity index is 2540. The fraction of sp³-hybridized carbons (Fsp3) is 0.809. The van der Waals surface area contributed by atoms with Crippen LogP contribution in [0.4, 0.5) is 0 Å². The molecule has 26 nitrogen and oxygen atoms in total. The van der Waals surface area contributed by atoms with E-state index in [9.17, 15) is 34.2 Å². The molecule has 0 aromatic carbocycles. The first-order valence-corrected chi connectivity index (χ1v) is 33.6. The van der Waals surface area contributed by atoms with Crippen molar-refractivity contribution < 1.29 is 72.4 Å². The minimum atomic E-state index is -1.68. The molecule has 1 saturated heterocycles. The van der Waals surface area contributed by atoms with Crippen LogP contribution in [0.3, 0.4) is 0 Å². The van der Waals surface area contributed by atoms with E-state index in [1.54, 1.807) is 67.7 Å². The second kappa shape index (κ2) is 39.7. The topological polar surface area (TPSA) is 317 Å². The lowest BCUT2D eigenvalue weighted by atomic mass is 9.91. The molecule has 1 aliphatic rings. The van der Waals surface area contributed by atoms with Gasteiger partial charge in [-0.1, -0.05) is 95.2 Å². The number of nitrogens with one attached hydrogen (secondary N) is 4. The van der Waals surface area contributed by atoms with Crippen LogP contribution < -0.4 is 21.3 Å². The number of nitrogens with zero attached hydrogens (tertiary/aromatic N) is 7. The lowest BCUT2D eigenvalue weighted by Crippen LogP contribution is -2.64. The first-order chi connectivity index (χ1) is 43.5. The summed E-state index contributed by atoms with van der Waals surface area (Å²) in [4.78, 5) is 172. The second-order valence-corrected chi connectivity index (χ2v) is 28.5. The molecule has 94 heavy (non-hydrogen) atoms.